The lowest BCUT2D eigenvalue weighted by Crippen LogP contribution is -2.62. The van der Waals surface area contributed by atoms with E-state index in [9.17, 15) is 19.8 Å². The smallest absolute Gasteiger partial charge is 0.407 e. The monoisotopic (exact) mass is 548 g/mol. The maximum absolute atomic E-state index is 12.8. The summed E-state index contributed by atoms with van der Waals surface area (Å²) >= 11 is 0. The summed E-state index contributed by atoms with van der Waals surface area (Å²) in [5.41, 5.74) is 4.58. The van der Waals surface area contributed by atoms with Crippen LogP contribution in [0.4, 0.5) is 4.79 Å². The zero-order chi connectivity index (χ0) is 28.9. The molecule has 0 aromatic rings. The highest BCUT2D eigenvalue weighted by molar-refractivity contribution is 6.06. The molecule has 7 atom stereocenters. The van der Waals surface area contributed by atoms with Crippen molar-refractivity contribution in [2.45, 2.75) is 99.0 Å². The molecule has 0 aromatic heterocycles. The van der Waals surface area contributed by atoms with Gasteiger partial charge in [-0.05, 0) is 103 Å². The minimum Gasteiger partial charge on any atom is -0.504 e. The molecule has 1 heterocycles. The van der Waals surface area contributed by atoms with E-state index in [1.54, 1.807) is 11.0 Å². The van der Waals surface area contributed by atoms with Crippen LogP contribution in [0.15, 0.2) is 46.3 Å². The fourth-order valence-electron chi connectivity index (χ4n) is 10.5. The molecule has 5 aliphatic carbocycles. The number of fused-ring (bicyclic) bond motifs is 7. The van der Waals surface area contributed by atoms with Gasteiger partial charge in [-0.25, -0.2) is 4.79 Å². The molecule has 1 aliphatic heterocycles. The summed E-state index contributed by atoms with van der Waals surface area (Å²) in [7, 11) is 0. The van der Waals surface area contributed by atoms with Gasteiger partial charge in [-0.3, -0.25) is 4.79 Å². The zero-order valence-electron chi connectivity index (χ0n) is 25.3. The molecule has 3 saturated carbocycles. The van der Waals surface area contributed by atoms with E-state index in [2.05, 4.69) is 52.1 Å². The minimum atomic E-state index is -0.787. The van der Waals surface area contributed by atoms with Gasteiger partial charge >= 0.3 is 6.09 Å². The van der Waals surface area contributed by atoms with Gasteiger partial charge in [-0.2, -0.15) is 0 Å². The molecule has 40 heavy (non-hydrogen) atoms. The molecule has 0 aromatic carbocycles. The van der Waals surface area contributed by atoms with Gasteiger partial charge < -0.3 is 20.4 Å². The maximum atomic E-state index is 12.8. The molecule has 0 bridgehead atoms. The van der Waals surface area contributed by atoms with Gasteiger partial charge in [0.1, 0.15) is 0 Å². The Morgan fingerprint density at radius 3 is 2.50 bits per heavy atom. The molecule has 0 radical (unpaired) electrons. The van der Waals surface area contributed by atoms with E-state index in [0.29, 0.717) is 23.5 Å². The van der Waals surface area contributed by atoms with Crippen LogP contribution in [0.5, 0.6) is 0 Å². The SMILES string of the molecule is CC1=C(O)C(=O)C=C2C1=CC=C1[C@@]2(C)CC[C@@]2(C)[C@@H]3C[C@](C)(CC4CNCCN4C(=O)O)CC[C@@]3(C)CC[C@]12C. The number of hydrogen-bond acceptors (Lipinski definition) is 4. The molecule has 218 valence electrons. The normalized spacial score (nSPS) is 44.9. The van der Waals surface area contributed by atoms with Crippen LogP contribution >= 0.6 is 0 Å². The van der Waals surface area contributed by atoms with Crippen molar-refractivity contribution in [2.24, 2.45) is 33.0 Å². The number of allylic oxidation sites excluding steroid dienone is 7. The highest BCUT2D eigenvalue weighted by Crippen LogP contribution is 2.75. The minimum absolute atomic E-state index is 0.00491. The van der Waals surface area contributed by atoms with E-state index < -0.39 is 6.09 Å². The van der Waals surface area contributed by atoms with Crippen LogP contribution in [0.2, 0.25) is 0 Å². The van der Waals surface area contributed by atoms with Crippen LogP contribution in [0.1, 0.15) is 92.9 Å². The van der Waals surface area contributed by atoms with Crippen molar-refractivity contribution in [3.05, 3.63) is 46.3 Å². The van der Waals surface area contributed by atoms with Gasteiger partial charge in [0.2, 0.25) is 5.78 Å². The van der Waals surface area contributed by atoms with Crippen LogP contribution in [-0.2, 0) is 4.79 Å². The van der Waals surface area contributed by atoms with Crippen LogP contribution in [0, 0.1) is 33.0 Å². The Morgan fingerprint density at radius 2 is 1.77 bits per heavy atom. The Labute approximate surface area is 239 Å². The number of carboxylic acid groups (broad SMARTS) is 1. The van der Waals surface area contributed by atoms with Crippen molar-refractivity contribution >= 4 is 11.9 Å². The second kappa shape index (κ2) is 8.83. The number of piperazine rings is 1. The number of carbonyl (C=O) groups is 2. The average molecular weight is 549 g/mol. The van der Waals surface area contributed by atoms with Crippen LogP contribution in [-0.4, -0.2) is 52.7 Å². The van der Waals surface area contributed by atoms with Crippen molar-refractivity contribution in [3.8, 4) is 0 Å². The number of aliphatic hydroxyl groups excluding tert-OH is 1. The quantitative estimate of drug-likeness (QED) is 0.347. The maximum Gasteiger partial charge on any atom is 0.407 e. The first-order valence-corrected chi connectivity index (χ1v) is 15.5. The van der Waals surface area contributed by atoms with Crippen LogP contribution in [0.3, 0.4) is 0 Å². The molecule has 1 amide bonds. The summed E-state index contributed by atoms with van der Waals surface area (Å²) < 4.78 is 0. The van der Waals surface area contributed by atoms with E-state index in [-0.39, 0.29) is 39.2 Å². The summed E-state index contributed by atoms with van der Waals surface area (Å²) in [5.74, 6) is 0.167. The molecular weight excluding hydrogens is 500 g/mol. The van der Waals surface area contributed by atoms with Crippen molar-refractivity contribution in [1.29, 1.82) is 0 Å². The molecule has 6 nitrogen and oxygen atoms in total. The summed E-state index contributed by atoms with van der Waals surface area (Å²) in [5, 5.41) is 23.7. The molecule has 0 spiro atoms. The molecule has 1 unspecified atom stereocenters. The number of rotatable bonds is 2. The second-order valence-electron chi connectivity index (χ2n) is 15.4. The summed E-state index contributed by atoms with van der Waals surface area (Å²) in [4.78, 5) is 26.5. The molecule has 6 rings (SSSR count). The molecule has 4 fully saturated rings. The van der Waals surface area contributed by atoms with Gasteiger partial charge in [0.25, 0.3) is 0 Å². The number of ketones is 1. The summed E-state index contributed by atoms with van der Waals surface area (Å²) in [6, 6.07) is 0.0335. The van der Waals surface area contributed by atoms with Gasteiger partial charge in [0, 0.05) is 36.7 Å². The Kier molecular flexibility index (Phi) is 6.14. The number of hydrogen-bond donors (Lipinski definition) is 3. The Balaban J connectivity index is 1.36. The van der Waals surface area contributed by atoms with Gasteiger partial charge in [0.15, 0.2) is 5.76 Å². The van der Waals surface area contributed by atoms with Crippen molar-refractivity contribution < 1.29 is 19.8 Å². The number of amides is 1. The molecular formula is C34H48N2O4. The van der Waals surface area contributed by atoms with Crippen LogP contribution < -0.4 is 5.32 Å². The first-order valence-electron chi connectivity index (χ1n) is 15.5. The summed E-state index contributed by atoms with van der Waals surface area (Å²) in [6.45, 7) is 16.3. The standard InChI is InChI=1S/C34H48N2O4/c1-21-23-7-8-26-32(4,24(23)17-25(37)28(21)38)12-14-34(6)27-19-30(2,9-10-31(27,3)11-13-33(26,34)5)18-22-20-35-15-16-36(22)29(39)40/h7-8,17,22,27,35,38H,9-16,18-20H2,1-6H3,(H,39,40)/t22?,27-,30+,31+,32+,33-,34+/m1/s1. The first kappa shape index (κ1) is 27.8. The lowest BCUT2D eigenvalue weighted by molar-refractivity contribution is -0.163. The predicted octanol–water partition coefficient (Wildman–Crippen LogP) is 6.96. The van der Waals surface area contributed by atoms with E-state index in [1.807, 2.05) is 6.92 Å². The number of carbonyl (C=O) groups excluding carboxylic acids is 1. The Morgan fingerprint density at radius 1 is 1.05 bits per heavy atom. The van der Waals surface area contributed by atoms with Gasteiger partial charge in [0.05, 0.1) is 0 Å². The fraction of sp³-hybridized carbons (Fsp3) is 0.706. The lowest BCUT2D eigenvalue weighted by atomic mass is 9.34. The molecule has 6 heteroatoms. The predicted molar refractivity (Wildman–Crippen MR) is 157 cm³/mol. The fourth-order valence-corrected chi connectivity index (χ4v) is 10.5. The summed E-state index contributed by atoms with van der Waals surface area (Å²) in [6.07, 6.45) is 14.3. The Hall–Kier alpha value is -2.34. The van der Waals surface area contributed by atoms with E-state index in [1.165, 1.54) is 18.4 Å². The average Bonchev–Trinajstić information content (AvgIpc) is 2.90. The first-order chi connectivity index (χ1) is 18.7. The van der Waals surface area contributed by atoms with Gasteiger partial charge in [-0.15, -0.1) is 0 Å². The van der Waals surface area contributed by atoms with Crippen molar-refractivity contribution in [3.63, 3.8) is 0 Å². The Bertz CT molecular complexity index is 1290. The largest absolute Gasteiger partial charge is 0.504 e. The second-order valence-corrected chi connectivity index (χ2v) is 15.4. The van der Waals surface area contributed by atoms with E-state index >= 15 is 0 Å². The molecule has 3 N–H and O–H groups in total. The highest BCUT2D eigenvalue weighted by Gasteiger charge is 2.66. The van der Waals surface area contributed by atoms with Crippen molar-refractivity contribution in [2.75, 3.05) is 19.6 Å². The number of nitrogens with zero attached hydrogens (tertiary/aromatic N) is 1. The van der Waals surface area contributed by atoms with E-state index in [4.69, 9.17) is 0 Å². The third-order valence-corrected chi connectivity index (χ3v) is 13.3. The highest BCUT2D eigenvalue weighted by atomic mass is 16.4. The third-order valence-electron chi connectivity index (χ3n) is 13.3. The topological polar surface area (TPSA) is 89.9 Å². The molecule has 6 aliphatic rings. The van der Waals surface area contributed by atoms with Gasteiger partial charge in [-0.1, -0.05) is 52.3 Å². The number of aliphatic hydroxyl groups is 1. The number of nitrogens with one attached hydrogen (secondary N) is 1. The van der Waals surface area contributed by atoms with Crippen molar-refractivity contribution in [1.82, 2.24) is 10.2 Å². The third kappa shape index (κ3) is 3.70. The van der Waals surface area contributed by atoms with E-state index in [0.717, 1.165) is 62.8 Å². The van der Waals surface area contributed by atoms with Crippen LogP contribution in [0.25, 0.3) is 0 Å². The lowest BCUT2D eigenvalue weighted by Gasteiger charge is -2.70. The molecule has 1 saturated heterocycles. The zero-order valence-corrected chi connectivity index (χ0v) is 25.3.